The van der Waals surface area contributed by atoms with Crippen molar-refractivity contribution in [1.29, 1.82) is 0 Å². The average Bonchev–Trinajstić information content (AvgIpc) is 2.27. The maximum atomic E-state index is 13.0. The van der Waals surface area contributed by atoms with E-state index >= 15 is 0 Å². The first-order valence-corrected chi connectivity index (χ1v) is 6.96. The molecule has 1 aromatic rings. The molecule has 2 rings (SSSR count). The Labute approximate surface area is 120 Å². The van der Waals surface area contributed by atoms with Crippen LogP contribution >= 0.6 is 31.9 Å². The summed E-state index contributed by atoms with van der Waals surface area (Å²) in [4.78, 5) is 17.6. The van der Waals surface area contributed by atoms with Crippen molar-refractivity contribution in [3.63, 3.8) is 0 Å². The third-order valence-electron chi connectivity index (χ3n) is 2.79. The molecule has 18 heavy (non-hydrogen) atoms. The van der Waals surface area contributed by atoms with Crippen LogP contribution in [0.2, 0.25) is 0 Å². The van der Waals surface area contributed by atoms with E-state index in [2.05, 4.69) is 36.8 Å². The van der Waals surface area contributed by atoms with Crippen LogP contribution in [0.15, 0.2) is 21.3 Å². The predicted octanol–water partition coefficient (Wildman–Crippen LogP) is 3.48. The van der Waals surface area contributed by atoms with Crippen molar-refractivity contribution in [3.8, 4) is 0 Å². The predicted molar refractivity (Wildman–Crippen MR) is 69.7 cm³/mol. The van der Waals surface area contributed by atoms with E-state index in [1.165, 1.54) is 4.90 Å². The highest BCUT2D eigenvalue weighted by atomic mass is 79.9. The van der Waals surface area contributed by atoms with Gasteiger partial charge in [-0.3, -0.25) is 4.79 Å². The SMILES string of the molecule is O=C(c1cc(Br)nc(Br)c1)N1CCC(F)(F)CC1. The Balaban J connectivity index is 2.12. The number of carbonyl (C=O) groups excluding carboxylic acids is 1. The molecule has 1 amide bonds. The van der Waals surface area contributed by atoms with Crippen molar-refractivity contribution in [2.75, 3.05) is 13.1 Å². The zero-order valence-electron chi connectivity index (χ0n) is 9.30. The molecule has 1 fully saturated rings. The number of hydrogen-bond acceptors (Lipinski definition) is 2. The zero-order chi connectivity index (χ0) is 13.3. The maximum absolute atomic E-state index is 13.0. The molecular formula is C11H10Br2F2N2O. The standard InChI is InChI=1S/C11H10Br2F2N2O/c12-8-5-7(6-9(13)16-8)10(18)17-3-1-11(14,15)2-4-17/h5-6H,1-4H2. The molecule has 0 bridgehead atoms. The van der Waals surface area contributed by atoms with Crippen LogP contribution in [0.5, 0.6) is 0 Å². The fourth-order valence-electron chi connectivity index (χ4n) is 1.81. The molecule has 3 nitrogen and oxygen atoms in total. The van der Waals surface area contributed by atoms with Crippen molar-refractivity contribution < 1.29 is 13.6 Å². The number of piperidine rings is 1. The Kier molecular flexibility index (Phi) is 4.01. The van der Waals surface area contributed by atoms with Gasteiger partial charge in [-0.1, -0.05) is 0 Å². The zero-order valence-corrected chi connectivity index (χ0v) is 12.5. The molecule has 0 radical (unpaired) electrons. The van der Waals surface area contributed by atoms with Crippen molar-refractivity contribution >= 4 is 37.8 Å². The number of pyridine rings is 1. The molecule has 0 atom stereocenters. The second-order valence-corrected chi connectivity index (χ2v) is 5.77. The number of carbonyl (C=O) groups is 1. The molecule has 7 heteroatoms. The lowest BCUT2D eigenvalue weighted by Crippen LogP contribution is -2.42. The van der Waals surface area contributed by atoms with E-state index < -0.39 is 5.92 Å². The summed E-state index contributed by atoms with van der Waals surface area (Å²) in [6, 6.07) is 3.17. The molecule has 0 aliphatic carbocycles. The summed E-state index contributed by atoms with van der Waals surface area (Å²) < 4.78 is 27.1. The number of nitrogens with zero attached hydrogens (tertiary/aromatic N) is 2. The quantitative estimate of drug-likeness (QED) is 0.695. The van der Waals surface area contributed by atoms with Gasteiger partial charge in [-0.15, -0.1) is 0 Å². The van der Waals surface area contributed by atoms with E-state index in [0.717, 1.165) is 0 Å². The van der Waals surface area contributed by atoms with Gasteiger partial charge in [0.2, 0.25) is 0 Å². The fourth-order valence-corrected chi connectivity index (χ4v) is 2.92. The molecule has 0 aromatic carbocycles. The topological polar surface area (TPSA) is 33.2 Å². The number of hydrogen-bond donors (Lipinski definition) is 0. The van der Waals surface area contributed by atoms with E-state index in [1.807, 2.05) is 0 Å². The highest BCUT2D eigenvalue weighted by molar-refractivity contribution is 9.11. The normalized spacial score (nSPS) is 18.8. The summed E-state index contributed by atoms with van der Waals surface area (Å²) in [7, 11) is 0. The molecule has 0 spiro atoms. The Morgan fingerprint density at radius 2 is 1.72 bits per heavy atom. The maximum Gasteiger partial charge on any atom is 0.254 e. The fraction of sp³-hybridized carbons (Fsp3) is 0.455. The smallest absolute Gasteiger partial charge is 0.254 e. The Bertz CT molecular complexity index is 452. The summed E-state index contributed by atoms with van der Waals surface area (Å²) >= 11 is 6.38. The molecular weight excluding hydrogens is 374 g/mol. The number of halogens is 4. The highest BCUT2D eigenvalue weighted by Gasteiger charge is 2.35. The van der Waals surface area contributed by atoms with E-state index in [-0.39, 0.29) is 31.8 Å². The Morgan fingerprint density at radius 3 is 2.22 bits per heavy atom. The van der Waals surface area contributed by atoms with Crippen LogP contribution in [0.3, 0.4) is 0 Å². The third-order valence-corrected chi connectivity index (χ3v) is 3.60. The molecule has 1 aromatic heterocycles. The van der Waals surface area contributed by atoms with Crippen molar-refractivity contribution in [1.82, 2.24) is 9.88 Å². The van der Waals surface area contributed by atoms with Crippen LogP contribution in [0.25, 0.3) is 0 Å². The van der Waals surface area contributed by atoms with Crippen LogP contribution in [0, 0.1) is 0 Å². The molecule has 2 heterocycles. The molecule has 0 unspecified atom stereocenters. The van der Waals surface area contributed by atoms with Gasteiger partial charge < -0.3 is 4.90 Å². The van der Waals surface area contributed by atoms with Gasteiger partial charge in [0.25, 0.3) is 11.8 Å². The Morgan fingerprint density at radius 1 is 1.22 bits per heavy atom. The Hall–Kier alpha value is -0.560. The monoisotopic (exact) mass is 382 g/mol. The van der Waals surface area contributed by atoms with Gasteiger partial charge in [-0.05, 0) is 44.0 Å². The minimum atomic E-state index is -2.64. The lowest BCUT2D eigenvalue weighted by Gasteiger charge is -2.31. The molecule has 1 aliphatic rings. The van der Waals surface area contributed by atoms with Gasteiger partial charge >= 0.3 is 0 Å². The van der Waals surface area contributed by atoms with E-state index in [4.69, 9.17) is 0 Å². The molecule has 1 aliphatic heterocycles. The second kappa shape index (κ2) is 5.21. The third kappa shape index (κ3) is 3.26. The van der Waals surface area contributed by atoms with Crippen molar-refractivity contribution in [3.05, 3.63) is 26.9 Å². The summed E-state index contributed by atoms with van der Waals surface area (Å²) in [5.74, 6) is -2.88. The lowest BCUT2D eigenvalue weighted by atomic mass is 10.1. The number of amides is 1. The summed E-state index contributed by atoms with van der Waals surface area (Å²) in [5.41, 5.74) is 0.439. The van der Waals surface area contributed by atoms with Gasteiger partial charge in [-0.2, -0.15) is 0 Å². The summed E-state index contributed by atoms with van der Waals surface area (Å²) in [5, 5.41) is 0. The number of rotatable bonds is 1. The number of aromatic nitrogens is 1. The van der Waals surface area contributed by atoms with E-state index in [0.29, 0.717) is 14.8 Å². The largest absolute Gasteiger partial charge is 0.338 e. The van der Waals surface area contributed by atoms with E-state index in [1.54, 1.807) is 12.1 Å². The van der Waals surface area contributed by atoms with Gasteiger partial charge in [0, 0.05) is 31.5 Å². The first kappa shape index (κ1) is 13.9. The average molecular weight is 384 g/mol. The molecule has 1 saturated heterocycles. The molecule has 0 N–H and O–H groups in total. The van der Waals surface area contributed by atoms with Gasteiger partial charge in [0.15, 0.2) is 0 Å². The van der Waals surface area contributed by atoms with Gasteiger partial charge in [0.1, 0.15) is 9.21 Å². The highest BCUT2D eigenvalue weighted by Crippen LogP contribution is 2.28. The first-order valence-electron chi connectivity index (χ1n) is 5.38. The lowest BCUT2D eigenvalue weighted by molar-refractivity contribution is -0.0494. The minimum absolute atomic E-state index is 0.0867. The van der Waals surface area contributed by atoms with Crippen molar-refractivity contribution in [2.45, 2.75) is 18.8 Å². The molecule has 0 saturated carbocycles. The number of likely N-dealkylation sites (tertiary alicyclic amines) is 1. The van der Waals surface area contributed by atoms with Crippen LogP contribution in [0.1, 0.15) is 23.2 Å². The van der Waals surface area contributed by atoms with Gasteiger partial charge in [-0.25, -0.2) is 13.8 Å². The first-order chi connectivity index (χ1) is 8.37. The van der Waals surface area contributed by atoms with Crippen LogP contribution in [-0.4, -0.2) is 34.8 Å². The van der Waals surface area contributed by atoms with Crippen LogP contribution in [-0.2, 0) is 0 Å². The number of alkyl halides is 2. The summed E-state index contributed by atoms with van der Waals surface area (Å²) in [6.45, 7) is 0.173. The van der Waals surface area contributed by atoms with Crippen molar-refractivity contribution in [2.24, 2.45) is 0 Å². The summed E-state index contributed by atoms with van der Waals surface area (Å²) in [6.07, 6.45) is -0.543. The van der Waals surface area contributed by atoms with Gasteiger partial charge in [0.05, 0.1) is 0 Å². The minimum Gasteiger partial charge on any atom is -0.338 e. The van der Waals surface area contributed by atoms with Crippen LogP contribution < -0.4 is 0 Å². The second-order valence-electron chi connectivity index (χ2n) is 4.15. The molecule has 98 valence electrons. The van der Waals surface area contributed by atoms with Crippen LogP contribution in [0.4, 0.5) is 8.78 Å². The van der Waals surface area contributed by atoms with E-state index in [9.17, 15) is 13.6 Å².